The van der Waals surface area contributed by atoms with E-state index in [1.165, 1.54) is 0 Å². The quantitative estimate of drug-likeness (QED) is 0.678. The molecule has 0 aromatic carbocycles. The maximum Gasteiger partial charge on any atom is 0.0935 e. The molecular formula is C11H22FNO. The zero-order valence-electron chi connectivity index (χ0n) is 9.50. The van der Waals surface area contributed by atoms with E-state index in [1.807, 2.05) is 0 Å². The first-order chi connectivity index (χ1) is 6.67. The van der Waals surface area contributed by atoms with Crippen molar-refractivity contribution in [2.45, 2.75) is 38.8 Å². The van der Waals surface area contributed by atoms with Gasteiger partial charge in [0.25, 0.3) is 0 Å². The molecule has 3 atom stereocenters. The average Bonchev–Trinajstić information content (AvgIpc) is 2.55. The number of hydrogen-bond acceptors (Lipinski definition) is 2. The van der Waals surface area contributed by atoms with Gasteiger partial charge in [-0.3, -0.25) is 4.39 Å². The van der Waals surface area contributed by atoms with Crippen molar-refractivity contribution >= 4 is 0 Å². The normalized spacial score (nSPS) is 30.9. The molecular weight excluding hydrogens is 181 g/mol. The Morgan fingerprint density at radius 2 is 2.29 bits per heavy atom. The predicted molar refractivity (Wildman–Crippen MR) is 56.2 cm³/mol. The second kappa shape index (κ2) is 5.66. The third-order valence-electron chi connectivity index (χ3n) is 3.14. The van der Waals surface area contributed by atoms with Crippen LogP contribution >= 0.6 is 0 Å². The molecule has 0 amide bonds. The van der Waals surface area contributed by atoms with E-state index in [9.17, 15) is 4.39 Å². The molecule has 84 valence electrons. The second-order valence-electron chi connectivity index (χ2n) is 4.40. The third-order valence-corrected chi connectivity index (χ3v) is 3.14. The Hall–Kier alpha value is -0.150. The zero-order chi connectivity index (χ0) is 10.6. The molecule has 14 heavy (non-hydrogen) atoms. The highest BCUT2D eigenvalue weighted by Crippen LogP contribution is 2.22. The van der Waals surface area contributed by atoms with Crippen molar-refractivity contribution < 1.29 is 9.13 Å². The number of rotatable bonds is 5. The van der Waals surface area contributed by atoms with E-state index >= 15 is 0 Å². The molecule has 1 aliphatic rings. The predicted octanol–water partition coefficient (Wildman–Crippen LogP) is 2.09. The number of nitrogens with zero attached hydrogens (tertiary/aromatic N) is 1. The van der Waals surface area contributed by atoms with Gasteiger partial charge >= 0.3 is 0 Å². The molecule has 2 nitrogen and oxygen atoms in total. The standard InChI is InChI=1S/C11H22FNO/c1-4-9(2)14-8-11-5-10(6-12)7-13(11)3/h9-11H,4-8H2,1-3H3. The molecule has 0 aromatic rings. The van der Waals surface area contributed by atoms with Crippen LogP contribution in [0, 0.1) is 5.92 Å². The first kappa shape index (κ1) is 11.9. The molecule has 1 heterocycles. The van der Waals surface area contributed by atoms with E-state index in [2.05, 4.69) is 25.8 Å². The van der Waals surface area contributed by atoms with Gasteiger partial charge in [0.05, 0.1) is 19.4 Å². The van der Waals surface area contributed by atoms with Crippen molar-refractivity contribution in [1.29, 1.82) is 0 Å². The van der Waals surface area contributed by atoms with E-state index in [0.29, 0.717) is 12.1 Å². The van der Waals surface area contributed by atoms with Gasteiger partial charge in [0, 0.05) is 18.5 Å². The molecule has 0 aliphatic carbocycles. The van der Waals surface area contributed by atoms with Gasteiger partial charge in [-0.2, -0.15) is 0 Å². The highest BCUT2D eigenvalue weighted by atomic mass is 19.1. The summed E-state index contributed by atoms with van der Waals surface area (Å²) < 4.78 is 18.1. The van der Waals surface area contributed by atoms with Crippen LogP contribution in [0.3, 0.4) is 0 Å². The minimum absolute atomic E-state index is 0.190. The molecule has 3 unspecified atom stereocenters. The third kappa shape index (κ3) is 3.21. The molecule has 1 rings (SSSR count). The summed E-state index contributed by atoms with van der Waals surface area (Å²) in [5.41, 5.74) is 0. The lowest BCUT2D eigenvalue weighted by molar-refractivity contribution is 0.0312. The van der Waals surface area contributed by atoms with Crippen LogP contribution in [0.4, 0.5) is 4.39 Å². The lowest BCUT2D eigenvalue weighted by atomic mass is 10.1. The van der Waals surface area contributed by atoms with Crippen LogP contribution in [0.15, 0.2) is 0 Å². The van der Waals surface area contributed by atoms with Gasteiger partial charge in [0.2, 0.25) is 0 Å². The summed E-state index contributed by atoms with van der Waals surface area (Å²) in [6.07, 6.45) is 2.32. The van der Waals surface area contributed by atoms with E-state index in [0.717, 1.165) is 26.0 Å². The summed E-state index contributed by atoms with van der Waals surface area (Å²) in [5, 5.41) is 0. The molecule has 3 heteroatoms. The lowest BCUT2D eigenvalue weighted by Crippen LogP contribution is -2.30. The smallest absolute Gasteiger partial charge is 0.0935 e. The fourth-order valence-corrected chi connectivity index (χ4v) is 1.90. The van der Waals surface area contributed by atoms with Crippen molar-refractivity contribution in [2.24, 2.45) is 5.92 Å². The number of alkyl halides is 1. The van der Waals surface area contributed by atoms with Crippen molar-refractivity contribution in [1.82, 2.24) is 4.90 Å². The number of ether oxygens (including phenoxy) is 1. The molecule has 0 spiro atoms. The Kier molecular flexibility index (Phi) is 4.82. The van der Waals surface area contributed by atoms with Crippen molar-refractivity contribution in [3.05, 3.63) is 0 Å². The molecule has 1 aliphatic heterocycles. The minimum Gasteiger partial charge on any atom is -0.377 e. The molecule has 1 saturated heterocycles. The van der Waals surface area contributed by atoms with Gasteiger partial charge < -0.3 is 9.64 Å². The van der Waals surface area contributed by atoms with Crippen LogP contribution in [-0.4, -0.2) is 43.9 Å². The summed E-state index contributed by atoms with van der Waals surface area (Å²) in [4.78, 5) is 2.21. The van der Waals surface area contributed by atoms with E-state index in [4.69, 9.17) is 4.74 Å². The Bertz CT molecular complexity index is 165. The van der Waals surface area contributed by atoms with E-state index < -0.39 is 0 Å². The summed E-state index contributed by atoms with van der Waals surface area (Å²) in [5.74, 6) is 0.227. The van der Waals surface area contributed by atoms with Crippen molar-refractivity contribution in [3.8, 4) is 0 Å². The molecule has 0 bridgehead atoms. The molecule has 0 saturated carbocycles. The molecule has 0 radical (unpaired) electrons. The minimum atomic E-state index is -0.190. The van der Waals surface area contributed by atoms with Crippen molar-refractivity contribution in [3.63, 3.8) is 0 Å². The van der Waals surface area contributed by atoms with Gasteiger partial charge in [-0.15, -0.1) is 0 Å². The number of likely N-dealkylation sites (N-methyl/N-ethyl adjacent to an activating group) is 1. The van der Waals surface area contributed by atoms with Gasteiger partial charge in [0.15, 0.2) is 0 Å². The first-order valence-electron chi connectivity index (χ1n) is 5.55. The van der Waals surface area contributed by atoms with Gasteiger partial charge in [-0.25, -0.2) is 0 Å². The average molecular weight is 203 g/mol. The van der Waals surface area contributed by atoms with E-state index in [-0.39, 0.29) is 12.6 Å². The highest BCUT2D eigenvalue weighted by molar-refractivity contribution is 4.82. The Labute approximate surface area is 86.4 Å². The monoisotopic (exact) mass is 203 g/mol. The van der Waals surface area contributed by atoms with Gasteiger partial charge in [-0.05, 0) is 26.8 Å². The van der Waals surface area contributed by atoms with Crippen LogP contribution in [0.5, 0.6) is 0 Å². The second-order valence-corrected chi connectivity index (χ2v) is 4.40. The summed E-state index contributed by atoms with van der Waals surface area (Å²) in [6, 6.07) is 0.421. The van der Waals surface area contributed by atoms with Crippen LogP contribution in [0.25, 0.3) is 0 Å². The molecule has 0 N–H and O–H groups in total. The highest BCUT2D eigenvalue weighted by Gasteiger charge is 2.29. The molecule has 0 aromatic heterocycles. The van der Waals surface area contributed by atoms with E-state index in [1.54, 1.807) is 0 Å². The number of halogens is 1. The maximum absolute atomic E-state index is 12.4. The fraction of sp³-hybridized carbons (Fsp3) is 1.00. The zero-order valence-corrected chi connectivity index (χ0v) is 9.50. The van der Waals surface area contributed by atoms with Crippen molar-refractivity contribution in [2.75, 3.05) is 26.9 Å². The number of hydrogen-bond donors (Lipinski definition) is 0. The summed E-state index contributed by atoms with van der Waals surface area (Å²) >= 11 is 0. The lowest BCUT2D eigenvalue weighted by Gasteiger charge is -2.21. The largest absolute Gasteiger partial charge is 0.377 e. The van der Waals surface area contributed by atoms with Crippen LogP contribution < -0.4 is 0 Å². The number of likely N-dealkylation sites (tertiary alicyclic amines) is 1. The van der Waals surface area contributed by atoms with Gasteiger partial charge in [-0.1, -0.05) is 6.92 Å². The maximum atomic E-state index is 12.4. The Morgan fingerprint density at radius 1 is 1.57 bits per heavy atom. The molecule has 1 fully saturated rings. The van der Waals surface area contributed by atoms with Crippen LogP contribution in [0.1, 0.15) is 26.7 Å². The fourth-order valence-electron chi connectivity index (χ4n) is 1.90. The first-order valence-corrected chi connectivity index (χ1v) is 5.55. The van der Waals surface area contributed by atoms with Crippen LogP contribution in [-0.2, 0) is 4.74 Å². The van der Waals surface area contributed by atoms with Crippen LogP contribution in [0.2, 0.25) is 0 Å². The SMILES string of the molecule is CCC(C)OCC1CC(CF)CN1C. The Balaban J connectivity index is 2.24. The summed E-state index contributed by atoms with van der Waals surface area (Å²) in [6.45, 7) is 5.65. The van der Waals surface area contributed by atoms with Gasteiger partial charge in [0.1, 0.15) is 0 Å². The Morgan fingerprint density at radius 3 is 2.79 bits per heavy atom. The summed E-state index contributed by atoms with van der Waals surface area (Å²) in [7, 11) is 2.06. The topological polar surface area (TPSA) is 12.5 Å².